The van der Waals surface area contributed by atoms with E-state index in [2.05, 4.69) is 28.3 Å². The van der Waals surface area contributed by atoms with Crippen molar-refractivity contribution in [2.24, 2.45) is 5.73 Å². The first-order valence-electron chi connectivity index (χ1n) is 7.37. The molecular formula is C14H26N4O. The van der Waals surface area contributed by atoms with E-state index in [0.717, 1.165) is 39.1 Å². The fraction of sp³-hybridized carbons (Fsp3) is 0.786. The van der Waals surface area contributed by atoms with Gasteiger partial charge in [-0.3, -0.25) is 4.90 Å². The van der Waals surface area contributed by atoms with Gasteiger partial charge in [0.15, 0.2) is 0 Å². The molecule has 5 nitrogen and oxygen atoms in total. The van der Waals surface area contributed by atoms with Gasteiger partial charge in [-0.05, 0) is 19.4 Å². The van der Waals surface area contributed by atoms with Crippen LogP contribution in [0.25, 0.3) is 0 Å². The summed E-state index contributed by atoms with van der Waals surface area (Å²) in [7, 11) is 0. The summed E-state index contributed by atoms with van der Waals surface area (Å²) in [5, 5.41) is 0. The molecule has 1 aliphatic heterocycles. The van der Waals surface area contributed by atoms with Gasteiger partial charge >= 0.3 is 0 Å². The second-order valence-electron chi connectivity index (χ2n) is 5.14. The second kappa shape index (κ2) is 7.03. The third-order valence-electron chi connectivity index (χ3n) is 3.71. The summed E-state index contributed by atoms with van der Waals surface area (Å²) in [4.78, 5) is 6.81. The summed E-state index contributed by atoms with van der Waals surface area (Å²) in [6.45, 7) is 8.80. The Hall–Kier alpha value is -0.910. The highest BCUT2D eigenvalue weighted by Crippen LogP contribution is 2.29. The SMILES string of the molecule is CCCN1CCOC(CN)C1c1cncn1CCC. The normalized spacial score (nSPS) is 24.8. The largest absolute Gasteiger partial charge is 0.374 e. The minimum atomic E-state index is 0.0765. The van der Waals surface area contributed by atoms with Crippen molar-refractivity contribution >= 4 is 0 Å². The molecule has 2 atom stereocenters. The van der Waals surface area contributed by atoms with Gasteiger partial charge in [-0.1, -0.05) is 13.8 Å². The molecule has 108 valence electrons. The van der Waals surface area contributed by atoms with Crippen LogP contribution < -0.4 is 5.73 Å². The van der Waals surface area contributed by atoms with Crippen LogP contribution in [0.4, 0.5) is 0 Å². The number of rotatable bonds is 6. The summed E-state index contributed by atoms with van der Waals surface area (Å²) < 4.78 is 8.11. The Morgan fingerprint density at radius 3 is 2.84 bits per heavy atom. The van der Waals surface area contributed by atoms with Crippen molar-refractivity contribution in [1.29, 1.82) is 0 Å². The van der Waals surface area contributed by atoms with Crippen molar-refractivity contribution in [2.45, 2.75) is 45.4 Å². The molecule has 0 bridgehead atoms. The van der Waals surface area contributed by atoms with E-state index in [0.29, 0.717) is 6.54 Å². The summed E-state index contributed by atoms with van der Waals surface area (Å²) in [6.07, 6.45) is 6.23. The molecule has 1 saturated heterocycles. The Labute approximate surface area is 115 Å². The first-order valence-corrected chi connectivity index (χ1v) is 7.37. The second-order valence-corrected chi connectivity index (χ2v) is 5.14. The van der Waals surface area contributed by atoms with Gasteiger partial charge < -0.3 is 15.0 Å². The van der Waals surface area contributed by atoms with Gasteiger partial charge in [-0.25, -0.2) is 4.98 Å². The van der Waals surface area contributed by atoms with Crippen LogP contribution in [0.3, 0.4) is 0 Å². The number of aromatic nitrogens is 2. The maximum atomic E-state index is 5.90. The van der Waals surface area contributed by atoms with Crippen molar-refractivity contribution in [3.63, 3.8) is 0 Å². The number of nitrogens with two attached hydrogens (primary N) is 1. The maximum Gasteiger partial charge on any atom is 0.0948 e. The summed E-state index contributed by atoms with van der Waals surface area (Å²) in [5.41, 5.74) is 7.14. The fourth-order valence-corrected chi connectivity index (χ4v) is 2.90. The Balaban J connectivity index is 2.25. The highest BCUT2D eigenvalue weighted by Gasteiger charge is 2.34. The lowest BCUT2D eigenvalue weighted by atomic mass is 10.0. The Morgan fingerprint density at radius 1 is 1.37 bits per heavy atom. The molecule has 1 fully saturated rings. The Bertz CT molecular complexity index is 377. The van der Waals surface area contributed by atoms with Crippen LogP contribution in [0, 0.1) is 0 Å². The zero-order chi connectivity index (χ0) is 13.7. The molecule has 1 aromatic rings. The molecule has 2 heterocycles. The molecule has 2 unspecified atom stereocenters. The molecule has 1 aliphatic rings. The van der Waals surface area contributed by atoms with Gasteiger partial charge in [0.1, 0.15) is 0 Å². The third-order valence-corrected chi connectivity index (χ3v) is 3.71. The lowest BCUT2D eigenvalue weighted by molar-refractivity contribution is -0.0700. The highest BCUT2D eigenvalue weighted by molar-refractivity contribution is 5.10. The number of imidazole rings is 1. The number of nitrogens with zero attached hydrogens (tertiary/aromatic N) is 3. The van der Waals surface area contributed by atoms with E-state index in [4.69, 9.17) is 10.5 Å². The average molecular weight is 266 g/mol. The number of hydrogen-bond acceptors (Lipinski definition) is 4. The average Bonchev–Trinajstić information content (AvgIpc) is 2.87. The lowest BCUT2D eigenvalue weighted by Crippen LogP contribution is -2.49. The Kier molecular flexibility index (Phi) is 5.36. The Morgan fingerprint density at radius 2 is 2.16 bits per heavy atom. The third kappa shape index (κ3) is 3.16. The van der Waals surface area contributed by atoms with Crippen molar-refractivity contribution < 1.29 is 4.74 Å². The van der Waals surface area contributed by atoms with Crippen molar-refractivity contribution in [3.05, 3.63) is 18.2 Å². The minimum Gasteiger partial charge on any atom is -0.374 e. The molecule has 2 rings (SSSR count). The van der Waals surface area contributed by atoms with E-state index in [1.807, 2.05) is 12.5 Å². The molecule has 0 aromatic carbocycles. The van der Waals surface area contributed by atoms with Crippen LogP contribution in [0.5, 0.6) is 0 Å². The van der Waals surface area contributed by atoms with Gasteiger partial charge in [0.25, 0.3) is 0 Å². The van der Waals surface area contributed by atoms with E-state index in [1.54, 1.807) is 0 Å². The van der Waals surface area contributed by atoms with Crippen LogP contribution in [0.1, 0.15) is 38.4 Å². The van der Waals surface area contributed by atoms with E-state index in [-0.39, 0.29) is 12.1 Å². The van der Waals surface area contributed by atoms with E-state index in [1.165, 1.54) is 5.69 Å². The van der Waals surface area contributed by atoms with Gasteiger partial charge in [0.2, 0.25) is 0 Å². The van der Waals surface area contributed by atoms with Crippen LogP contribution in [-0.2, 0) is 11.3 Å². The number of morpholine rings is 1. The van der Waals surface area contributed by atoms with E-state index < -0.39 is 0 Å². The molecule has 1 aromatic heterocycles. The highest BCUT2D eigenvalue weighted by atomic mass is 16.5. The minimum absolute atomic E-state index is 0.0765. The fourth-order valence-electron chi connectivity index (χ4n) is 2.90. The predicted molar refractivity (Wildman–Crippen MR) is 75.9 cm³/mol. The predicted octanol–water partition coefficient (Wildman–Crippen LogP) is 1.40. The standard InChI is InChI=1S/C14H26N4O/c1-3-5-17-7-8-19-13(9-15)14(17)12-10-16-11-18(12)6-4-2/h10-11,13-14H,3-9,15H2,1-2H3. The summed E-state index contributed by atoms with van der Waals surface area (Å²) in [6, 6.07) is 0.243. The van der Waals surface area contributed by atoms with Gasteiger partial charge in [-0.2, -0.15) is 0 Å². The number of hydrogen-bond donors (Lipinski definition) is 1. The zero-order valence-electron chi connectivity index (χ0n) is 12.1. The lowest BCUT2D eigenvalue weighted by Gasteiger charge is -2.41. The molecular weight excluding hydrogens is 240 g/mol. The summed E-state index contributed by atoms with van der Waals surface area (Å²) in [5.74, 6) is 0. The van der Waals surface area contributed by atoms with Crippen molar-refractivity contribution in [1.82, 2.24) is 14.5 Å². The van der Waals surface area contributed by atoms with Crippen molar-refractivity contribution in [2.75, 3.05) is 26.2 Å². The van der Waals surface area contributed by atoms with Gasteiger partial charge in [-0.15, -0.1) is 0 Å². The molecule has 2 N–H and O–H groups in total. The van der Waals surface area contributed by atoms with Crippen LogP contribution in [-0.4, -0.2) is 46.8 Å². The van der Waals surface area contributed by atoms with Crippen molar-refractivity contribution in [3.8, 4) is 0 Å². The zero-order valence-corrected chi connectivity index (χ0v) is 12.1. The summed E-state index contributed by atoms with van der Waals surface area (Å²) >= 11 is 0. The number of aryl methyl sites for hydroxylation is 1. The monoisotopic (exact) mass is 266 g/mol. The maximum absolute atomic E-state index is 5.90. The van der Waals surface area contributed by atoms with Gasteiger partial charge in [0, 0.05) is 25.8 Å². The topological polar surface area (TPSA) is 56.3 Å². The molecule has 0 aliphatic carbocycles. The van der Waals surface area contributed by atoms with Crippen LogP contribution >= 0.6 is 0 Å². The number of ether oxygens (including phenoxy) is 1. The molecule has 0 amide bonds. The first kappa shape index (κ1) is 14.5. The molecule has 0 spiro atoms. The quantitative estimate of drug-likeness (QED) is 0.845. The van der Waals surface area contributed by atoms with Crippen LogP contribution in [0.15, 0.2) is 12.5 Å². The first-order chi connectivity index (χ1) is 9.31. The molecule has 5 heteroatoms. The van der Waals surface area contributed by atoms with E-state index in [9.17, 15) is 0 Å². The van der Waals surface area contributed by atoms with Crippen LogP contribution in [0.2, 0.25) is 0 Å². The smallest absolute Gasteiger partial charge is 0.0948 e. The molecule has 0 radical (unpaired) electrons. The molecule has 0 saturated carbocycles. The van der Waals surface area contributed by atoms with Gasteiger partial charge in [0.05, 0.1) is 30.8 Å². The van der Waals surface area contributed by atoms with E-state index >= 15 is 0 Å². The molecule has 19 heavy (non-hydrogen) atoms.